The van der Waals surface area contributed by atoms with Gasteiger partial charge >= 0.3 is 0 Å². The number of methoxy groups -OCH3 is 1. The Kier molecular flexibility index (Phi) is 7.22. The third-order valence-corrected chi connectivity index (χ3v) is 7.00. The Morgan fingerprint density at radius 3 is 2.41 bits per heavy atom. The number of carbonyl (C=O) groups is 1. The van der Waals surface area contributed by atoms with Gasteiger partial charge in [0.25, 0.3) is 5.91 Å². The van der Waals surface area contributed by atoms with E-state index in [-0.39, 0.29) is 25.4 Å². The first-order chi connectivity index (χ1) is 16.5. The van der Waals surface area contributed by atoms with E-state index >= 15 is 0 Å². The Bertz CT molecular complexity index is 1220. The maximum Gasteiger partial charge on any atom is 0.263 e. The van der Waals surface area contributed by atoms with E-state index in [1.807, 2.05) is 6.07 Å². The predicted octanol–water partition coefficient (Wildman–Crippen LogP) is 2.99. The van der Waals surface area contributed by atoms with Crippen molar-refractivity contribution in [1.29, 1.82) is 0 Å². The molecular formula is C25H26N2O6S. The number of rotatable bonds is 9. The van der Waals surface area contributed by atoms with Gasteiger partial charge in [-0.1, -0.05) is 42.5 Å². The molecule has 0 saturated carbocycles. The van der Waals surface area contributed by atoms with E-state index in [2.05, 4.69) is 5.32 Å². The summed E-state index contributed by atoms with van der Waals surface area (Å²) < 4.78 is 44.4. The largest absolute Gasteiger partial charge is 0.497 e. The highest BCUT2D eigenvalue weighted by atomic mass is 32.2. The van der Waals surface area contributed by atoms with E-state index in [0.717, 1.165) is 5.75 Å². The van der Waals surface area contributed by atoms with Gasteiger partial charge in [0.2, 0.25) is 10.0 Å². The lowest BCUT2D eigenvalue weighted by Crippen LogP contribution is -2.51. The molecule has 178 valence electrons. The lowest BCUT2D eigenvalue weighted by Gasteiger charge is -2.34. The van der Waals surface area contributed by atoms with Gasteiger partial charge < -0.3 is 19.5 Å². The SMILES string of the molecule is COc1ccc(OCCNC(=O)C2CN(S(=O)(=O)Cc3ccccc3)c3ccccc3O2)cc1. The highest BCUT2D eigenvalue weighted by Crippen LogP contribution is 2.35. The molecule has 0 fully saturated rings. The maximum atomic E-state index is 13.3. The maximum absolute atomic E-state index is 13.3. The topological polar surface area (TPSA) is 94.2 Å². The van der Waals surface area contributed by atoms with Crippen LogP contribution >= 0.6 is 0 Å². The molecule has 1 aliphatic rings. The lowest BCUT2D eigenvalue weighted by molar-refractivity contribution is -0.127. The first-order valence-electron chi connectivity index (χ1n) is 10.8. The van der Waals surface area contributed by atoms with Crippen molar-refractivity contribution >= 4 is 21.6 Å². The Morgan fingerprint density at radius 1 is 1.00 bits per heavy atom. The predicted molar refractivity (Wildman–Crippen MR) is 129 cm³/mol. The summed E-state index contributed by atoms with van der Waals surface area (Å²) in [5.74, 6) is 1.14. The van der Waals surface area contributed by atoms with Gasteiger partial charge in [0.05, 0.1) is 31.6 Å². The summed E-state index contributed by atoms with van der Waals surface area (Å²) in [4.78, 5) is 12.8. The highest BCUT2D eigenvalue weighted by molar-refractivity contribution is 7.92. The van der Waals surface area contributed by atoms with Crippen LogP contribution in [-0.4, -0.2) is 47.2 Å². The van der Waals surface area contributed by atoms with Crippen LogP contribution in [0.5, 0.6) is 17.2 Å². The van der Waals surface area contributed by atoms with Crippen LogP contribution in [-0.2, 0) is 20.6 Å². The van der Waals surface area contributed by atoms with Crippen LogP contribution in [0.2, 0.25) is 0 Å². The number of anilines is 1. The van der Waals surface area contributed by atoms with E-state index in [0.29, 0.717) is 22.7 Å². The number of sulfonamides is 1. The van der Waals surface area contributed by atoms with E-state index in [9.17, 15) is 13.2 Å². The normalized spacial score (nSPS) is 15.1. The van der Waals surface area contributed by atoms with Crippen molar-refractivity contribution in [2.45, 2.75) is 11.9 Å². The van der Waals surface area contributed by atoms with E-state index in [4.69, 9.17) is 14.2 Å². The zero-order valence-corrected chi connectivity index (χ0v) is 19.5. The summed E-state index contributed by atoms with van der Waals surface area (Å²) in [6.07, 6.45) is -0.985. The van der Waals surface area contributed by atoms with Crippen molar-refractivity contribution in [1.82, 2.24) is 5.32 Å². The monoisotopic (exact) mass is 482 g/mol. The van der Waals surface area contributed by atoms with Crippen LogP contribution in [0.25, 0.3) is 0 Å². The van der Waals surface area contributed by atoms with Crippen LogP contribution < -0.4 is 23.8 Å². The number of benzene rings is 3. The molecule has 1 aliphatic heterocycles. The number of carbonyl (C=O) groups excluding carboxylic acids is 1. The van der Waals surface area contributed by atoms with Crippen LogP contribution in [0.1, 0.15) is 5.56 Å². The molecule has 4 rings (SSSR count). The first kappa shape index (κ1) is 23.4. The summed E-state index contributed by atoms with van der Waals surface area (Å²) in [6.45, 7) is 0.373. The minimum atomic E-state index is -3.74. The van der Waals surface area contributed by atoms with Crippen LogP contribution in [0, 0.1) is 0 Å². The van der Waals surface area contributed by atoms with Crippen molar-refractivity contribution in [2.24, 2.45) is 0 Å². The van der Waals surface area contributed by atoms with Crippen LogP contribution in [0.3, 0.4) is 0 Å². The van der Waals surface area contributed by atoms with Crippen molar-refractivity contribution in [3.05, 3.63) is 84.4 Å². The summed E-state index contributed by atoms with van der Waals surface area (Å²) in [6, 6.07) is 22.9. The van der Waals surface area contributed by atoms with Gasteiger partial charge in [0, 0.05) is 0 Å². The quantitative estimate of drug-likeness (QED) is 0.472. The van der Waals surface area contributed by atoms with Gasteiger partial charge in [-0.25, -0.2) is 8.42 Å². The summed E-state index contributed by atoms with van der Waals surface area (Å²) in [7, 11) is -2.16. The Labute approximate surface area is 199 Å². The number of nitrogens with zero attached hydrogens (tertiary/aromatic N) is 1. The lowest BCUT2D eigenvalue weighted by atomic mass is 10.2. The second kappa shape index (κ2) is 10.5. The number of ether oxygens (including phenoxy) is 3. The highest BCUT2D eigenvalue weighted by Gasteiger charge is 2.36. The van der Waals surface area contributed by atoms with Gasteiger partial charge in [0.1, 0.15) is 23.9 Å². The molecule has 1 heterocycles. The minimum absolute atomic E-state index is 0.114. The number of fused-ring (bicyclic) bond motifs is 1. The van der Waals surface area contributed by atoms with Crippen molar-refractivity contribution in [3.63, 3.8) is 0 Å². The second-order valence-electron chi connectivity index (χ2n) is 7.66. The molecule has 0 spiro atoms. The zero-order valence-electron chi connectivity index (χ0n) is 18.7. The number of hydrogen-bond acceptors (Lipinski definition) is 6. The molecule has 9 heteroatoms. The Morgan fingerprint density at radius 2 is 1.68 bits per heavy atom. The molecule has 8 nitrogen and oxygen atoms in total. The molecule has 1 atom stereocenters. The van der Waals surface area contributed by atoms with Gasteiger partial charge in [-0.3, -0.25) is 9.10 Å². The Hall–Kier alpha value is -3.72. The smallest absolute Gasteiger partial charge is 0.263 e. The Balaban J connectivity index is 1.40. The standard InChI is InChI=1S/C25H26N2O6S/c1-31-20-11-13-21(14-12-20)32-16-15-26-25(28)24-17-27(22-9-5-6-10-23(22)33-24)34(29,30)18-19-7-3-2-4-8-19/h2-14,24H,15-18H2,1H3,(H,26,28). The summed E-state index contributed by atoms with van der Waals surface area (Å²) >= 11 is 0. The number of para-hydroxylation sites is 2. The molecular weight excluding hydrogens is 456 g/mol. The number of amides is 1. The molecule has 1 unspecified atom stereocenters. The molecule has 1 amide bonds. The number of hydrogen-bond donors (Lipinski definition) is 1. The van der Waals surface area contributed by atoms with Crippen molar-refractivity contribution in [2.75, 3.05) is 31.1 Å². The fourth-order valence-electron chi connectivity index (χ4n) is 3.59. The van der Waals surface area contributed by atoms with E-state index in [1.54, 1.807) is 79.9 Å². The molecule has 0 saturated heterocycles. The van der Waals surface area contributed by atoms with Crippen molar-refractivity contribution in [3.8, 4) is 17.2 Å². The molecule has 3 aromatic carbocycles. The zero-order chi connectivity index (χ0) is 24.0. The van der Waals surface area contributed by atoms with E-state index < -0.39 is 22.0 Å². The van der Waals surface area contributed by atoms with E-state index in [1.165, 1.54) is 4.31 Å². The summed E-state index contributed by atoms with van der Waals surface area (Å²) in [5, 5.41) is 2.76. The molecule has 1 N–H and O–H groups in total. The average Bonchev–Trinajstić information content (AvgIpc) is 2.86. The molecule has 0 bridgehead atoms. The third-order valence-electron chi connectivity index (χ3n) is 5.28. The van der Waals surface area contributed by atoms with Gasteiger partial charge in [-0.15, -0.1) is 0 Å². The van der Waals surface area contributed by atoms with Gasteiger partial charge in [-0.2, -0.15) is 0 Å². The third kappa shape index (κ3) is 5.60. The fourth-order valence-corrected chi connectivity index (χ4v) is 5.18. The van der Waals surface area contributed by atoms with Crippen molar-refractivity contribution < 1.29 is 27.4 Å². The molecule has 3 aromatic rings. The second-order valence-corrected chi connectivity index (χ2v) is 9.56. The summed E-state index contributed by atoms with van der Waals surface area (Å²) in [5.41, 5.74) is 1.09. The molecule has 0 aliphatic carbocycles. The average molecular weight is 483 g/mol. The molecule has 34 heavy (non-hydrogen) atoms. The number of nitrogens with one attached hydrogen (secondary N) is 1. The molecule has 0 radical (unpaired) electrons. The first-order valence-corrected chi connectivity index (χ1v) is 12.4. The minimum Gasteiger partial charge on any atom is -0.497 e. The van der Waals surface area contributed by atoms with Gasteiger partial charge in [0.15, 0.2) is 6.10 Å². The van der Waals surface area contributed by atoms with Gasteiger partial charge in [-0.05, 0) is 42.0 Å². The fraction of sp³-hybridized carbons (Fsp3) is 0.240. The van der Waals surface area contributed by atoms with Crippen LogP contribution in [0.15, 0.2) is 78.9 Å². The molecule has 0 aromatic heterocycles. The van der Waals surface area contributed by atoms with Crippen LogP contribution in [0.4, 0.5) is 5.69 Å².